The summed E-state index contributed by atoms with van der Waals surface area (Å²) in [4.78, 5) is 19.2. The van der Waals surface area contributed by atoms with Gasteiger partial charge in [-0.25, -0.2) is 9.37 Å². The zero-order valence-corrected chi connectivity index (χ0v) is 18.8. The molecule has 6 nitrogen and oxygen atoms in total. The van der Waals surface area contributed by atoms with Crippen LogP contribution in [0.4, 0.5) is 15.2 Å². The SMILES string of the molecule is CCC(C)N(CCC(=O)Nc1ccc(F)cc1)c1nc(Cc2cccc(OC)c2)ns1. The van der Waals surface area contributed by atoms with E-state index < -0.39 is 0 Å². The van der Waals surface area contributed by atoms with E-state index in [0.717, 1.165) is 28.7 Å². The molecule has 0 fully saturated rings. The number of aromatic nitrogens is 2. The van der Waals surface area contributed by atoms with Crippen molar-refractivity contribution in [2.45, 2.75) is 39.2 Å². The van der Waals surface area contributed by atoms with Crippen LogP contribution in [0.2, 0.25) is 0 Å². The highest BCUT2D eigenvalue weighted by molar-refractivity contribution is 7.09. The van der Waals surface area contributed by atoms with Crippen LogP contribution in [0.5, 0.6) is 5.75 Å². The third kappa shape index (κ3) is 6.49. The number of hydrogen-bond donors (Lipinski definition) is 1. The molecule has 0 bridgehead atoms. The smallest absolute Gasteiger partial charge is 0.226 e. The molecule has 0 saturated carbocycles. The van der Waals surface area contributed by atoms with Crippen molar-refractivity contribution >= 4 is 28.3 Å². The predicted molar refractivity (Wildman–Crippen MR) is 122 cm³/mol. The van der Waals surface area contributed by atoms with Crippen LogP contribution in [-0.4, -0.2) is 35.0 Å². The highest BCUT2D eigenvalue weighted by Gasteiger charge is 2.19. The maximum Gasteiger partial charge on any atom is 0.226 e. The summed E-state index contributed by atoms with van der Waals surface area (Å²) >= 11 is 1.35. The van der Waals surface area contributed by atoms with Gasteiger partial charge in [-0.3, -0.25) is 4.79 Å². The fourth-order valence-corrected chi connectivity index (χ4v) is 3.92. The molecule has 164 valence electrons. The number of rotatable bonds is 10. The van der Waals surface area contributed by atoms with Gasteiger partial charge in [-0.1, -0.05) is 19.1 Å². The average molecular weight is 443 g/mol. The number of hydrogen-bond acceptors (Lipinski definition) is 6. The zero-order valence-electron chi connectivity index (χ0n) is 18.0. The average Bonchev–Trinajstić information content (AvgIpc) is 3.23. The number of methoxy groups -OCH3 is 1. The molecule has 0 aliphatic rings. The van der Waals surface area contributed by atoms with Crippen LogP contribution in [0.3, 0.4) is 0 Å². The minimum absolute atomic E-state index is 0.124. The van der Waals surface area contributed by atoms with Crippen molar-refractivity contribution in [3.8, 4) is 5.75 Å². The molecule has 1 heterocycles. The largest absolute Gasteiger partial charge is 0.497 e. The normalized spacial score (nSPS) is 11.7. The maximum absolute atomic E-state index is 13.0. The van der Waals surface area contributed by atoms with Crippen molar-refractivity contribution in [3.63, 3.8) is 0 Å². The first-order chi connectivity index (χ1) is 15.0. The first-order valence-corrected chi connectivity index (χ1v) is 11.0. The van der Waals surface area contributed by atoms with E-state index in [4.69, 9.17) is 9.72 Å². The fourth-order valence-electron chi connectivity index (χ4n) is 3.10. The van der Waals surface area contributed by atoms with Crippen LogP contribution < -0.4 is 15.0 Å². The van der Waals surface area contributed by atoms with Crippen LogP contribution in [0, 0.1) is 5.82 Å². The molecule has 8 heteroatoms. The predicted octanol–water partition coefficient (Wildman–Crippen LogP) is 4.91. The summed E-state index contributed by atoms with van der Waals surface area (Å²) in [7, 11) is 1.65. The summed E-state index contributed by atoms with van der Waals surface area (Å²) in [6, 6.07) is 13.8. The summed E-state index contributed by atoms with van der Waals surface area (Å²) in [5.41, 5.74) is 1.66. The molecule has 1 amide bonds. The van der Waals surface area contributed by atoms with E-state index in [-0.39, 0.29) is 17.8 Å². The van der Waals surface area contributed by atoms with Gasteiger partial charge in [0, 0.05) is 42.6 Å². The third-order valence-electron chi connectivity index (χ3n) is 5.03. The van der Waals surface area contributed by atoms with Crippen LogP contribution in [0.1, 0.15) is 38.1 Å². The Morgan fingerprint density at radius 2 is 2.03 bits per heavy atom. The lowest BCUT2D eigenvalue weighted by Gasteiger charge is -2.27. The first kappa shape index (κ1) is 22.7. The van der Waals surface area contributed by atoms with Gasteiger partial charge in [-0.15, -0.1) is 0 Å². The number of halogens is 1. The summed E-state index contributed by atoms with van der Waals surface area (Å²) in [5.74, 6) is 1.10. The molecule has 0 aliphatic carbocycles. The molecule has 3 rings (SSSR count). The van der Waals surface area contributed by atoms with Gasteiger partial charge in [0.15, 0.2) is 0 Å². The lowest BCUT2D eigenvalue weighted by atomic mass is 10.1. The Bertz CT molecular complexity index is 993. The Morgan fingerprint density at radius 3 is 2.74 bits per heavy atom. The Kier molecular flexibility index (Phi) is 7.94. The number of carbonyl (C=O) groups excluding carboxylic acids is 1. The second kappa shape index (κ2) is 10.9. The van der Waals surface area contributed by atoms with Crippen LogP contribution >= 0.6 is 11.5 Å². The van der Waals surface area contributed by atoms with Gasteiger partial charge in [0.1, 0.15) is 17.4 Å². The number of nitrogens with zero attached hydrogens (tertiary/aromatic N) is 3. The molecule has 1 aromatic heterocycles. The van der Waals surface area contributed by atoms with E-state index in [1.807, 2.05) is 24.3 Å². The number of anilines is 2. The molecule has 0 aliphatic heterocycles. The Balaban J connectivity index is 1.63. The Morgan fingerprint density at radius 1 is 1.26 bits per heavy atom. The van der Waals surface area contributed by atoms with Gasteiger partial charge in [0.05, 0.1) is 7.11 Å². The van der Waals surface area contributed by atoms with E-state index in [2.05, 4.69) is 28.4 Å². The molecule has 3 aromatic rings. The van der Waals surface area contributed by atoms with Crippen molar-refractivity contribution in [1.82, 2.24) is 9.36 Å². The number of nitrogens with one attached hydrogen (secondary N) is 1. The molecule has 1 atom stereocenters. The molecule has 2 aromatic carbocycles. The van der Waals surface area contributed by atoms with Gasteiger partial charge in [0.2, 0.25) is 11.0 Å². The topological polar surface area (TPSA) is 67.4 Å². The molecule has 0 saturated heterocycles. The van der Waals surface area contributed by atoms with E-state index in [1.54, 1.807) is 19.2 Å². The lowest BCUT2D eigenvalue weighted by Crippen LogP contribution is -2.35. The van der Waals surface area contributed by atoms with Gasteiger partial charge in [0.25, 0.3) is 0 Å². The first-order valence-electron chi connectivity index (χ1n) is 10.3. The standard InChI is InChI=1S/C23H27FN4O2S/c1-4-16(2)28(13-12-22(29)25-19-10-8-18(24)9-11-19)23-26-21(27-31-23)15-17-6-5-7-20(14-17)30-3/h5-11,14,16H,4,12-13,15H2,1-3H3,(H,25,29). The van der Waals surface area contributed by atoms with Crippen LogP contribution in [0.15, 0.2) is 48.5 Å². The number of amides is 1. The minimum Gasteiger partial charge on any atom is -0.497 e. The molecule has 0 spiro atoms. The fraction of sp³-hybridized carbons (Fsp3) is 0.348. The van der Waals surface area contributed by atoms with Gasteiger partial charge in [-0.2, -0.15) is 4.37 Å². The second-order valence-corrected chi connectivity index (χ2v) is 8.01. The van der Waals surface area contributed by atoms with E-state index >= 15 is 0 Å². The minimum atomic E-state index is -0.332. The van der Waals surface area contributed by atoms with Gasteiger partial charge >= 0.3 is 0 Å². The van der Waals surface area contributed by atoms with Crippen LogP contribution in [0.25, 0.3) is 0 Å². The number of ether oxygens (including phenoxy) is 1. The molecule has 0 radical (unpaired) electrons. The number of carbonyl (C=O) groups is 1. The van der Waals surface area contributed by atoms with Crippen molar-refractivity contribution < 1.29 is 13.9 Å². The van der Waals surface area contributed by atoms with Crippen molar-refractivity contribution in [1.29, 1.82) is 0 Å². The van der Waals surface area contributed by atoms with E-state index in [9.17, 15) is 9.18 Å². The Labute approximate surface area is 186 Å². The lowest BCUT2D eigenvalue weighted by molar-refractivity contribution is -0.116. The van der Waals surface area contributed by atoms with Crippen molar-refractivity contribution in [2.75, 3.05) is 23.9 Å². The maximum atomic E-state index is 13.0. The summed E-state index contributed by atoms with van der Waals surface area (Å²) in [6.07, 6.45) is 1.84. The quantitative estimate of drug-likeness (QED) is 0.483. The summed E-state index contributed by atoms with van der Waals surface area (Å²) in [6.45, 7) is 4.74. The highest BCUT2D eigenvalue weighted by Crippen LogP contribution is 2.23. The van der Waals surface area contributed by atoms with E-state index in [0.29, 0.717) is 25.1 Å². The summed E-state index contributed by atoms with van der Waals surface area (Å²) in [5, 5.41) is 3.61. The third-order valence-corrected chi connectivity index (χ3v) is 5.82. The molecule has 1 N–H and O–H groups in total. The zero-order chi connectivity index (χ0) is 22.2. The second-order valence-electron chi connectivity index (χ2n) is 7.28. The van der Waals surface area contributed by atoms with Crippen molar-refractivity contribution in [3.05, 3.63) is 65.7 Å². The highest BCUT2D eigenvalue weighted by atomic mass is 32.1. The Hall–Kier alpha value is -3.00. The molecular formula is C23H27FN4O2S. The number of benzene rings is 2. The molecule has 31 heavy (non-hydrogen) atoms. The van der Waals surface area contributed by atoms with Gasteiger partial charge < -0.3 is 15.0 Å². The van der Waals surface area contributed by atoms with Gasteiger partial charge in [-0.05, 0) is 55.3 Å². The van der Waals surface area contributed by atoms with Crippen LogP contribution in [-0.2, 0) is 11.2 Å². The molecular weight excluding hydrogens is 415 g/mol. The summed E-state index contributed by atoms with van der Waals surface area (Å²) < 4.78 is 22.8. The van der Waals surface area contributed by atoms with Crippen molar-refractivity contribution in [2.24, 2.45) is 0 Å². The van der Waals surface area contributed by atoms with E-state index in [1.165, 1.54) is 23.7 Å². The molecule has 1 unspecified atom stereocenters. The monoisotopic (exact) mass is 442 g/mol.